The third-order valence-electron chi connectivity index (χ3n) is 5.67. The second-order valence-corrected chi connectivity index (χ2v) is 7.70. The van der Waals surface area contributed by atoms with Crippen molar-refractivity contribution in [3.05, 3.63) is 96.1 Å². The molecule has 3 aromatic carbocycles. The van der Waals surface area contributed by atoms with E-state index in [1.54, 1.807) is 18.5 Å². The Morgan fingerprint density at radius 2 is 1.84 bits per heavy atom. The Morgan fingerprint density at radius 1 is 1.03 bits per heavy atom. The van der Waals surface area contributed by atoms with E-state index in [-0.39, 0.29) is 24.2 Å². The van der Waals surface area contributed by atoms with Gasteiger partial charge in [-0.05, 0) is 46.2 Å². The van der Waals surface area contributed by atoms with Crippen molar-refractivity contribution in [2.45, 2.75) is 18.9 Å². The smallest absolute Gasteiger partial charge is 0.224 e. The van der Waals surface area contributed by atoms with E-state index in [0.717, 1.165) is 27.5 Å². The number of aromatic nitrogens is 1. The van der Waals surface area contributed by atoms with Crippen LogP contribution < -0.4 is 10.1 Å². The number of nitrogens with one attached hydrogen (secondary N) is 1. The molecule has 0 bridgehead atoms. The van der Waals surface area contributed by atoms with Gasteiger partial charge in [0.1, 0.15) is 17.7 Å². The number of rotatable bonds is 5. The van der Waals surface area contributed by atoms with E-state index in [1.165, 1.54) is 6.07 Å². The lowest BCUT2D eigenvalue weighted by Crippen LogP contribution is -2.35. The Balaban J connectivity index is 1.27. The molecule has 4 nitrogen and oxygen atoms in total. The minimum atomic E-state index is -0.302. The van der Waals surface area contributed by atoms with Gasteiger partial charge in [0, 0.05) is 29.9 Å². The summed E-state index contributed by atoms with van der Waals surface area (Å²) in [6, 6.07) is 20.9. The fourth-order valence-electron chi connectivity index (χ4n) is 4.15. The third kappa shape index (κ3) is 3.87. The monoisotopic (exact) mass is 412 g/mol. The Bertz CT molecular complexity index is 1250. The first-order valence-electron chi connectivity index (χ1n) is 10.3. The quantitative estimate of drug-likeness (QED) is 0.517. The molecule has 0 aliphatic carbocycles. The van der Waals surface area contributed by atoms with Gasteiger partial charge in [0.05, 0.1) is 13.0 Å². The number of carbonyl (C=O) groups is 1. The highest BCUT2D eigenvalue weighted by atomic mass is 19.1. The second kappa shape index (κ2) is 8.19. The van der Waals surface area contributed by atoms with Gasteiger partial charge < -0.3 is 10.1 Å². The first-order chi connectivity index (χ1) is 15.2. The van der Waals surface area contributed by atoms with Crippen LogP contribution in [0.15, 0.2) is 79.1 Å². The highest BCUT2D eigenvalue weighted by Gasteiger charge is 2.29. The van der Waals surface area contributed by atoms with Gasteiger partial charge in [0.2, 0.25) is 5.91 Å². The summed E-state index contributed by atoms with van der Waals surface area (Å²) < 4.78 is 20.5. The molecule has 4 aromatic rings. The van der Waals surface area contributed by atoms with Crippen molar-refractivity contribution in [1.82, 2.24) is 10.3 Å². The summed E-state index contributed by atoms with van der Waals surface area (Å²) in [5.74, 6) is 0.197. The molecule has 1 amide bonds. The van der Waals surface area contributed by atoms with Gasteiger partial charge in [-0.2, -0.15) is 0 Å². The minimum absolute atomic E-state index is 0.0780. The number of hydrogen-bond acceptors (Lipinski definition) is 3. The van der Waals surface area contributed by atoms with Crippen molar-refractivity contribution in [2.24, 2.45) is 0 Å². The molecular formula is C26H21FN2O2. The van der Waals surface area contributed by atoms with Crippen LogP contribution in [0.5, 0.6) is 5.75 Å². The molecule has 2 heterocycles. The van der Waals surface area contributed by atoms with Crippen LogP contribution in [-0.2, 0) is 17.6 Å². The van der Waals surface area contributed by atoms with Gasteiger partial charge in [-0.3, -0.25) is 9.78 Å². The van der Waals surface area contributed by atoms with E-state index in [9.17, 15) is 9.18 Å². The number of amides is 1. The van der Waals surface area contributed by atoms with Crippen LogP contribution in [0.3, 0.4) is 0 Å². The molecule has 0 saturated carbocycles. The van der Waals surface area contributed by atoms with Crippen LogP contribution in [0, 0.1) is 5.82 Å². The van der Waals surface area contributed by atoms with Crippen molar-refractivity contribution in [1.29, 1.82) is 0 Å². The lowest BCUT2D eigenvalue weighted by Gasteiger charge is -2.14. The molecule has 31 heavy (non-hydrogen) atoms. The van der Waals surface area contributed by atoms with E-state index >= 15 is 0 Å². The van der Waals surface area contributed by atoms with Gasteiger partial charge in [0.15, 0.2) is 0 Å². The summed E-state index contributed by atoms with van der Waals surface area (Å²) in [6.07, 6.45) is 3.81. The average molecular weight is 412 g/mol. The predicted octanol–water partition coefficient (Wildman–Crippen LogP) is 4.70. The zero-order valence-corrected chi connectivity index (χ0v) is 16.8. The van der Waals surface area contributed by atoms with Crippen LogP contribution in [-0.4, -0.2) is 23.5 Å². The minimum Gasteiger partial charge on any atom is -0.487 e. The van der Waals surface area contributed by atoms with Gasteiger partial charge in [-0.25, -0.2) is 4.39 Å². The molecule has 5 heteroatoms. The van der Waals surface area contributed by atoms with Crippen LogP contribution in [0.25, 0.3) is 21.9 Å². The molecule has 1 atom stereocenters. The lowest BCUT2D eigenvalue weighted by molar-refractivity contribution is -0.120. The Morgan fingerprint density at radius 3 is 2.71 bits per heavy atom. The van der Waals surface area contributed by atoms with Crippen LogP contribution >= 0.6 is 0 Å². The molecule has 5 rings (SSSR count). The Kier molecular flexibility index (Phi) is 5.08. The third-order valence-corrected chi connectivity index (χ3v) is 5.67. The molecular weight excluding hydrogens is 391 g/mol. The standard InChI is InChI=1S/C26H21FN2O2/c27-24-9-8-22(18-10-12-28-13-11-18)26-23(24)15-20(31-26)16-29-25(30)14-19-6-3-5-17-4-1-2-7-21(17)19/h1-13,20H,14-16H2,(H,29,30)/t20-/m1/s1. The van der Waals surface area contributed by atoms with Crippen molar-refractivity contribution >= 4 is 16.7 Å². The van der Waals surface area contributed by atoms with Gasteiger partial charge in [-0.15, -0.1) is 0 Å². The maximum absolute atomic E-state index is 14.4. The SMILES string of the molecule is O=C(Cc1cccc2ccccc12)NC[C@H]1Cc2c(F)ccc(-c3ccncc3)c2O1. The number of carbonyl (C=O) groups excluding carboxylic acids is 1. The zero-order chi connectivity index (χ0) is 21.2. The number of nitrogens with zero attached hydrogens (tertiary/aromatic N) is 1. The number of pyridine rings is 1. The van der Waals surface area contributed by atoms with Gasteiger partial charge >= 0.3 is 0 Å². The highest BCUT2D eigenvalue weighted by molar-refractivity contribution is 5.90. The van der Waals surface area contributed by atoms with Crippen molar-refractivity contribution in [2.75, 3.05) is 6.54 Å². The van der Waals surface area contributed by atoms with Gasteiger partial charge in [-0.1, -0.05) is 42.5 Å². The summed E-state index contributed by atoms with van der Waals surface area (Å²) in [5, 5.41) is 5.14. The normalized spacial score (nSPS) is 14.8. The number of hydrogen-bond donors (Lipinski definition) is 1. The zero-order valence-electron chi connectivity index (χ0n) is 16.8. The van der Waals surface area contributed by atoms with E-state index in [4.69, 9.17) is 4.74 Å². The van der Waals surface area contributed by atoms with Crippen LogP contribution in [0.4, 0.5) is 4.39 Å². The topological polar surface area (TPSA) is 51.2 Å². The van der Waals surface area contributed by atoms with Crippen molar-refractivity contribution in [3.63, 3.8) is 0 Å². The molecule has 0 saturated heterocycles. The first-order valence-corrected chi connectivity index (χ1v) is 10.3. The maximum Gasteiger partial charge on any atom is 0.224 e. The molecule has 1 aliphatic rings. The largest absolute Gasteiger partial charge is 0.487 e. The molecule has 154 valence electrons. The van der Waals surface area contributed by atoms with Crippen LogP contribution in [0.1, 0.15) is 11.1 Å². The number of benzene rings is 3. The van der Waals surface area contributed by atoms with Crippen molar-refractivity contribution < 1.29 is 13.9 Å². The van der Waals surface area contributed by atoms with Gasteiger partial charge in [0.25, 0.3) is 0 Å². The summed E-state index contributed by atoms with van der Waals surface area (Å²) in [6.45, 7) is 0.327. The van der Waals surface area contributed by atoms with E-state index in [2.05, 4.69) is 10.3 Å². The summed E-state index contributed by atoms with van der Waals surface area (Å²) in [4.78, 5) is 16.6. The number of fused-ring (bicyclic) bond motifs is 2. The molecule has 0 fully saturated rings. The predicted molar refractivity (Wildman–Crippen MR) is 118 cm³/mol. The second-order valence-electron chi connectivity index (χ2n) is 7.70. The molecule has 1 N–H and O–H groups in total. The molecule has 0 spiro atoms. The van der Waals surface area contributed by atoms with E-state index < -0.39 is 0 Å². The van der Waals surface area contributed by atoms with Crippen molar-refractivity contribution in [3.8, 4) is 16.9 Å². The fourth-order valence-corrected chi connectivity index (χ4v) is 4.15. The lowest BCUT2D eigenvalue weighted by atomic mass is 10.0. The molecule has 0 radical (unpaired) electrons. The fraction of sp³-hybridized carbons (Fsp3) is 0.154. The summed E-state index contributed by atoms with van der Waals surface area (Å²) in [7, 11) is 0. The number of halogens is 1. The maximum atomic E-state index is 14.4. The highest BCUT2D eigenvalue weighted by Crippen LogP contribution is 2.40. The van der Waals surface area contributed by atoms with E-state index in [1.807, 2.05) is 54.6 Å². The average Bonchev–Trinajstić information content (AvgIpc) is 3.24. The number of ether oxygens (including phenoxy) is 1. The molecule has 1 aromatic heterocycles. The molecule has 1 aliphatic heterocycles. The molecule has 0 unspecified atom stereocenters. The van der Waals surface area contributed by atoms with E-state index in [0.29, 0.717) is 24.3 Å². The van der Waals surface area contributed by atoms with Crippen LogP contribution in [0.2, 0.25) is 0 Å². The first kappa shape index (κ1) is 19.2. The Labute approximate surface area is 179 Å². The summed E-state index contributed by atoms with van der Waals surface area (Å²) >= 11 is 0. The summed E-state index contributed by atoms with van der Waals surface area (Å²) in [5.41, 5.74) is 3.30. The Hall–Kier alpha value is -3.73.